The highest BCUT2D eigenvalue weighted by atomic mass is 31.2. The van der Waals surface area contributed by atoms with Crippen LogP contribution in [0.15, 0.2) is 0 Å². The number of ether oxygens (including phenoxy) is 2. The number of quaternary nitrogens is 1. The molecule has 47 heavy (non-hydrogen) atoms. The maximum atomic E-state index is 12.4. The van der Waals surface area contributed by atoms with Crippen molar-refractivity contribution in [1.82, 2.24) is 0 Å². The van der Waals surface area contributed by atoms with Gasteiger partial charge >= 0.3 is 17.9 Å². The number of esters is 2. The summed E-state index contributed by atoms with van der Waals surface area (Å²) in [6, 6.07) is 0. The van der Waals surface area contributed by atoms with Gasteiger partial charge in [0.15, 0.2) is 6.10 Å². The van der Waals surface area contributed by atoms with Crippen LogP contribution in [-0.4, -0.2) is 81.1 Å². The van der Waals surface area contributed by atoms with E-state index in [1.165, 1.54) is 70.6 Å². The lowest BCUT2D eigenvalue weighted by Crippen LogP contribution is -2.37. The van der Waals surface area contributed by atoms with Gasteiger partial charge in [-0.2, -0.15) is 0 Å². The van der Waals surface area contributed by atoms with Crippen LogP contribution < -0.4 is 4.89 Å². The topological polar surface area (TPSA) is 148 Å². The van der Waals surface area contributed by atoms with E-state index in [4.69, 9.17) is 23.6 Å². The fraction of sp³-hybridized carbons (Fsp3) is 0.914. The number of phosphoric acid groups is 1. The maximum absolute atomic E-state index is 12.4. The predicted octanol–water partition coefficient (Wildman–Crippen LogP) is 7.73. The van der Waals surface area contributed by atoms with Gasteiger partial charge < -0.3 is 33.0 Å². The number of carboxylic acids is 1. The lowest BCUT2D eigenvalue weighted by molar-refractivity contribution is -0.870. The zero-order chi connectivity index (χ0) is 35.2. The second kappa shape index (κ2) is 29.4. The first-order valence-corrected chi connectivity index (χ1v) is 19.8. The molecule has 0 aromatic carbocycles. The van der Waals surface area contributed by atoms with E-state index < -0.39 is 38.4 Å². The summed E-state index contributed by atoms with van der Waals surface area (Å²) >= 11 is 0. The van der Waals surface area contributed by atoms with Gasteiger partial charge in [0.1, 0.15) is 19.8 Å². The Bertz CT molecular complexity index is 849. The molecule has 0 saturated carbocycles. The molecule has 0 aliphatic carbocycles. The second-order valence-electron chi connectivity index (χ2n) is 13.7. The molecular weight excluding hydrogens is 625 g/mol. The fourth-order valence-electron chi connectivity index (χ4n) is 4.97. The van der Waals surface area contributed by atoms with E-state index in [-0.39, 0.29) is 32.5 Å². The number of hydrogen-bond acceptors (Lipinski definition) is 9. The van der Waals surface area contributed by atoms with Crippen molar-refractivity contribution in [2.24, 2.45) is 0 Å². The molecule has 278 valence electrons. The Morgan fingerprint density at radius 1 is 0.638 bits per heavy atom. The summed E-state index contributed by atoms with van der Waals surface area (Å²) in [6.45, 7) is 1.81. The molecule has 0 aliphatic heterocycles. The lowest BCUT2D eigenvalue weighted by atomic mass is 10.0. The number of rotatable bonds is 34. The molecule has 12 heteroatoms. The Balaban J connectivity index is 4.34. The van der Waals surface area contributed by atoms with Gasteiger partial charge in [-0.25, -0.2) is 0 Å². The number of carbonyl (C=O) groups excluding carboxylic acids is 2. The molecule has 1 unspecified atom stereocenters. The quantitative estimate of drug-likeness (QED) is 0.0307. The third-order valence-electron chi connectivity index (χ3n) is 7.91. The SMILES string of the molecule is CCCCCCCCCCCCCCCCCC(=O)OC[C@H](COP(=O)([O-])OCC[N+](C)(C)C)OC(=O)CCCCCCCC(=O)O. The molecule has 0 saturated heterocycles. The molecule has 2 atom stereocenters. The molecule has 0 aromatic rings. The van der Waals surface area contributed by atoms with Crippen LogP contribution in [0.2, 0.25) is 0 Å². The minimum absolute atomic E-state index is 0.0601. The van der Waals surface area contributed by atoms with E-state index in [9.17, 15) is 23.8 Å². The van der Waals surface area contributed by atoms with Crippen molar-refractivity contribution in [3.63, 3.8) is 0 Å². The monoisotopic (exact) mass is 693 g/mol. The van der Waals surface area contributed by atoms with Gasteiger partial charge in [-0.3, -0.25) is 18.9 Å². The zero-order valence-corrected chi connectivity index (χ0v) is 31.1. The van der Waals surface area contributed by atoms with E-state index in [1.807, 2.05) is 21.1 Å². The van der Waals surface area contributed by atoms with Crippen molar-refractivity contribution in [1.29, 1.82) is 0 Å². The summed E-state index contributed by atoms with van der Waals surface area (Å²) in [4.78, 5) is 47.6. The summed E-state index contributed by atoms with van der Waals surface area (Å²) in [6.07, 6.45) is 21.3. The van der Waals surface area contributed by atoms with E-state index in [0.29, 0.717) is 30.3 Å². The third kappa shape index (κ3) is 34.2. The highest BCUT2D eigenvalue weighted by molar-refractivity contribution is 7.45. The minimum atomic E-state index is -4.65. The molecule has 0 aliphatic rings. The first kappa shape index (κ1) is 45.5. The van der Waals surface area contributed by atoms with E-state index in [2.05, 4.69) is 6.92 Å². The van der Waals surface area contributed by atoms with E-state index >= 15 is 0 Å². The molecule has 0 radical (unpaired) electrons. The van der Waals surface area contributed by atoms with Crippen molar-refractivity contribution in [3.8, 4) is 0 Å². The summed E-state index contributed by atoms with van der Waals surface area (Å²) in [5.74, 6) is -1.79. The molecule has 0 amide bonds. The van der Waals surface area contributed by atoms with Crippen molar-refractivity contribution in [2.45, 2.75) is 161 Å². The highest BCUT2D eigenvalue weighted by Crippen LogP contribution is 2.38. The Morgan fingerprint density at radius 3 is 1.51 bits per heavy atom. The molecule has 0 aromatic heterocycles. The van der Waals surface area contributed by atoms with Gasteiger partial charge in [-0.15, -0.1) is 0 Å². The molecular formula is C35H68NO10P. The van der Waals surface area contributed by atoms with Crippen LogP contribution in [0.3, 0.4) is 0 Å². The fourth-order valence-corrected chi connectivity index (χ4v) is 5.70. The van der Waals surface area contributed by atoms with Crippen LogP contribution in [0.1, 0.15) is 155 Å². The number of likely N-dealkylation sites (N-methyl/N-ethyl adjacent to an activating group) is 1. The van der Waals surface area contributed by atoms with E-state index in [0.717, 1.165) is 38.5 Å². The maximum Gasteiger partial charge on any atom is 0.306 e. The summed E-state index contributed by atoms with van der Waals surface area (Å²) in [5, 5.41) is 8.71. The van der Waals surface area contributed by atoms with Crippen molar-refractivity contribution in [2.75, 3.05) is 47.5 Å². The van der Waals surface area contributed by atoms with Gasteiger partial charge in [-0.1, -0.05) is 116 Å². The van der Waals surface area contributed by atoms with Gasteiger partial charge in [-0.05, 0) is 19.3 Å². The smallest absolute Gasteiger partial charge is 0.306 e. The summed E-state index contributed by atoms with van der Waals surface area (Å²) in [5.41, 5.74) is 0. The van der Waals surface area contributed by atoms with Crippen LogP contribution >= 0.6 is 7.82 Å². The van der Waals surface area contributed by atoms with Crippen LogP contribution in [-0.2, 0) is 37.5 Å². The number of carboxylic acid groups (broad SMARTS) is 1. The molecule has 0 spiro atoms. The zero-order valence-electron chi connectivity index (χ0n) is 30.2. The van der Waals surface area contributed by atoms with Gasteiger partial charge in [0, 0.05) is 19.3 Å². The Kier molecular flexibility index (Phi) is 28.5. The lowest BCUT2D eigenvalue weighted by Gasteiger charge is -2.28. The van der Waals surface area contributed by atoms with Gasteiger partial charge in [0.2, 0.25) is 0 Å². The average molecular weight is 694 g/mol. The van der Waals surface area contributed by atoms with Crippen LogP contribution in [0, 0.1) is 0 Å². The first-order valence-electron chi connectivity index (χ1n) is 18.3. The summed E-state index contributed by atoms with van der Waals surface area (Å²) in [7, 11) is 1.06. The molecule has 0 bridgehead atoms. The number of hydrogen-bond donors (Lipinski definition) is 1. The minimum Gasteiger partial charge on any atom is -0.756 e. The number of phosphoric ester groups is 1. The van der Waals surface area contributed by atoms with Crippen molar-refractivity contribution in [3.05, 3.63) is 0 Å². The number of nitrogens with zero attached hydrogens (tertiary/aromatic N) is 1. The van der Waals surface area contributed by atoms with Crippen LogP contribution in [0.4, 0.5) is 0 Å². The molecule has 0 fully saturated rings. The molecule has 1 N–H and O–H groups in total. The van der Waals surface area contributed by atoms with Crippen LogP contribution in [0.5, 0.6) is 0 Å². The molecule has 0 rings (SSSR count). The predicted molar refractivity (Wildman–Crippen MR) is 183 cm³/mol. The first-order chi connectivity index (χ1) is 22.3. The standard InChI is InChI=1S/C35H68NO10P/c1-5-6-7-8-9-10-11-12-13-14-15-16-17-20-23-26-34(39)43-30-32(31-45-47(41,42)44-29-28-36(2,3)4)46-35(40)27-24-21-18-19-22-25-33(37)38/h32H,5-31H2,1-4H3,(H-,37,38,41,42)/t32-/m1/s1. The molecule has 0 heterocycles. The van der Waals surface area contributed by atoms with Gasteiger partial charge in [0.05, 0.1) is 27.7 Å². The Hall–Kier alpha value is -1.52. The number of carbonyl (C=O) groups is 3. The summed E-state index contributed by atoms with van der Waals surface area (Å²) < 4.78 is 33.4. The largest absolute Gasteiger partial charge is 0.756 e. The Morgan fingerprint density at radius 2 is 1.06 bits per heavy atom. The van der Waals surface area contributed by atoms with Gasteiger partial charge in [0.25, 0.3) is 7.82 Å². The highest BCUT2D eigenvalue weighted by Gasteiger charge is 2.21. The van der Waals surface area contributed by atoms with Crippen molar-refractivity contribution >= 4 is 25.7 Å². The Labute approximate surface area is 285 Å². The van der Waals surface area contributed by atoms with Crippen molar-refractivity contribution < 1.29 is 52.0 Å². The average Bonchev–Trinajstić information content (AvgIpc) is 2.99. The second-order valence-corrected chi connectivity index (χ2v) is 15.2. The number of aliphatic carboxylic acids is 1. The third-order valence-corrected chi connectivity index (χ3v) is 8.88. The normalized spacial score (nSPS) is 13.6. The molecule has 11 nitrogen and oxygen atoms in total. The van der Waals surface area contributed by atoms with E-state index in [1.54, 1.807) is 0 Å². The number of unbranched alkanes of at least 4 members (excludes halogenated alkanes) is 18. The van der Waals surface area contributed by atoms with Crippen LogP contribution in [0.25, 0.3) is 0 Å².